The molecule has 0 radical (unpaired) electrons. The van der Waals surface area contributed by atoms with E-state index in [1.165, 1.54) is 0 Å². The molecule has 0 fully saturated rings. The molecule has 1 aromatic rings. The molecule has 0 aliphatic rings. The summed E-state index contributed by atoms with van der Waals surface area (Å²) in [5.41, 5.74) is 2.06. The van der Waals surface area contributed by atoms with Crippen molar-refractivity contribution in [2.75, 3.05) is 19.0 Å². The van der Waals surface area contributed by atoms with Gasteiger partial charge in [0.05, 0.1) is 11.6 Å². The fraction of sp³-hybridized carbons (Fsp3) is 0.600. The van der Waals surface area contributed by atoms with Gasteiger partial charge in [-0.25, -0.2) is 9.97 Å². The summed E-state index contributed by atoms with van der Waals surface area (Å²) in [6.45, 7) is 4.22. The van der Waals surface area contributed by atoms with E-state index in [9.17, 15) is 0 Å². The Balaban J connectivity index is 3.14. The van der Waals surface area contributed by atoms with Crippen molar-refractivity contribution < 1.29 is 0 Å². The number of hydrogen-bond acceptors (Lipinski definition) is 3. The zero-order valence-corrected chi connectivity index (χ0v) is 9.84. The lowest BCUT2D eigenvalue weighted by Crippen LogP contribution is -2.14. The first kappa shape index (κ1) is 11.2. The SMILES string of the molecule is CC(C)c1nc(N(C)C)ncc1CCl. The molecule has 0 aliphatic heterocycles. The molecular weight excluding hydrogens is 198 g/mol. The highest BCUT2D eigenvalue weighted by Gasteiger charge is 2.10. The number of nitrogens with zero attached hydrogens (tertiary/aromatic N) is 3. The molecule has 14 heavy (non-hydrogen) atoms. The Morgan fingerprint density at radius 2 is 2.07 bits per heavy atom. The highest BCUT2D eigenvalue weighted by molar-refractivity contribution is 6.17. The molecular formula is C10H16ClN3. The van der Waals surface area contributed by atoms with Gasteiger partial charge in [0.2, 0.25) is 5.95 Å². The Morgan fingerprint density at radius 3 is 2.50 bits per heavy atom. The summed E-state index contributed by atoms with van der Waals surface area (Å²) in [5, 5.41) is 0. The number of anilines is 1. The Bertz CT molecular complexity index is 310. The van der Waals surface area contributed by atoms with Crippen molar-refractivity contribution in [1.29, 1.82) is 0 Å². The van der Waals surface area contributed by atoms with Gasteiger partial charge in [0.15, 0.2) is 0 Å². The van der Waals surface area contributed by atoms with Crippen LogP contribution in [0.4, 0.5) is 5.95 Å². The first-order valence-corrected chi connectivity index (χ1v) is 5.18. The maximum atomic E-state index is 5.81. The van der Waals surface area contributed by atoms with Crippen LogP contribution in [0.15, 0.2) is 6.20 Å². The Kier molecular flexibility index (Phi) is 3.69. The minimum Gasteiger partial charge on any atom is -0.347 e. The highest BCUT2D eigenvalue weighted by atomic mass is 35.5. The third-order valence-electron chi connectivity index (χ3n) is 1.98. The first-order valence-electron chi connectivity index (χ1n) is 4.65. The Labute approximate surface area is 90.1 Å². The Hall–Kier alpha value is -0.830. The number of alkyl halides is 1. The van der Waals surface area contributed by atoms with E-state index in [1.54, 1.807) is 0 Å². The van der Waals surface area contributed by atoms with Crippen molar-refractivity contribution in [2.24, 2.45) is 0 Å². The normalized spacial score (nSPS) is 10.7. The fourth-order valence-corrected chi connectivity index (χ4v) is 1.43. The van der Waals surface area contributed by atoms with Crippen LogP contribution in [0, 0.1) is 0 Å². The standard InChI is InChI=1S/C10H16ClN3/c1-7(2)9-8(5-11)6-12-10(13-9)14(3)4/h6-7H,5H2,1-4H3. The van der Waals surface area contributed by atoms with Gasteiger partial charge in [-0.15, -0.1) is 11.6 Å². The molecule has 0 saturated heterocycles. The van der Waals surface area contributed by atoms with Gasteiger partial charge >= 0.3 is 0 Å². The molecule has 0 N–H and O–H groups in total. The summed E-state index contributed by atoms with van der Waals surface area (Å²) >= 11 is 5.81. The van der Waals surface area contributed by atoms with Crippen molar-refractivity contribution in [2.45, 2.75) is 25.6 Å². The molecule has 1 heterocycles. The quantitative estimate of drug-likeness (QED) is 0.723. The second-order valence-corrected chi connectivity index (χ2v) is 4.03. The molecule has 1 aromatic heterocycles. The van der Waals surface area contributed by atoms with Crippen LogP contribution in [0.2, 0.25) is 0 Å². The smallest absolute Gasteiger partial charge is 0.225 e. The van der Waals surface area contributed by atoms with E-state index in [2.05, 4.69) is 23.8 Å². The number of hydrogen-bond donors (Lipinski definition) is 0. The van der Waals surface area contributed by atoms with Gasteiger partial charge in [-0.05, 0) is 5.92 Å². The topological polar surface area (TPSA) is 29.0 Å². The molecule has 0 atom stereocenters. The number of aromatic nitrogens is 2. The molecule has 0 bridgehead atoms. The molecule has 78 valence electrons. The molecule has 0 spiro atoms. The van der Waals surface area contributed by atoms with E-state index in [1.807, 2.05) is 25.2 Å². The number of rotatable bonds is 3. The summed E-state index contributed by atoms with van der Waals surface area (Å²) in [7, 11) is 3.86. The van der Waals surface area contributed by atoms with Crippen LogP contribution < -0.4 is 4.90 Å². The van der Waals surface area contributed by atoms with Crippen LogP contribution in [0.1, 0.15) is 31.0 Å². The molecule has 4 heteroatoms. The average Bonchev–Trinajstić information content (AvgIpc) is 2.16. The summed E-state index contributed by atoms with van der Waals surface area (Å²) < 4.78 is 0. The Morgan fingerprint density at radius 1 is 1.43 bits per heavy atom. The molecule has 0 aromatic carbocycles. The minimum atomic E-state index is 0.380. The molecule has 1 rings (SSSR count). The fourth-order valence-electron chi connectivity index (χ4n) is 1.23. The number of halogens is 1. The second-order valence-electron chi connectivity index (χ2n) is 3.76. The van der Waals surface area contributed by atoms with Gasteiger partial charge in [-0.2, -0.15) is 0 Å². The van der Waals surface area contributed by atoms with Crippen LogP contribution >= 0.6 is 11.6 Å². The maximum Gasteiger partial charge on any atom is 0.225 e. The minimum absolute atomic E-state index is 0.380. The molecule has 0 amide bonds. The predicted molar refractivity (Wildman–Crippen MR) is 60.0 cm³/mol. The molecule has 0 unspecified atom stereocenters. The summed E-state index contributed by atoms with van der Waals surface area (Å²) in [6, 6.07) is 0. The maximum absolute atomic E-state index is 5.81. The van der Waals surface area contributed by atoms with Gasteiger partial charge in [0.1, 0.15) is 0 Å². The first-order chi connectivity index (χ1) is 6.56. The van der Waals surface area contributed by atoms with E-state index in [0.29, 0.717) is 11.8 Å². The van der Waals surface area contributed by atoms with Crippen molar-refractivity contribution in [1.82, 2.24) is 9.97 Å². The van der Waals surface area contributed by atoms with E-state index >= 15 is 0 Å². The molecule has 0 saturated carbocycles. The van der Waals surface area contributed by atoms with Crippen LogP contribution in [0.25, 0.3) is 0 Å². The van der Waals surface area contributed by atoms with Gasteiger partial charge < -0.3 is 4.90 Å². The molecule has 0 aliphatic carbocycles. The summed E-state index contributed by atoms with van der Waals surface area (Å²) in [5.74, 6) is 1.59. The average molecular weight is 214 g/mol. The highest BCUT2D eigenvalue weighted by Crippen LogP contribution is 2.20. The van der Waals surface area contributed by atoms with E-state index in [-0.39, 0.29) is 0 Å². The van der Waals surface area contributed by atoms with E-state index < -0.39 is 0 Å². The third-order valence-corrected chi connectivity index (χ3v) is 2.26. The monoisotopic (exact) mass is 213 g/mol. The lowest BCUT2D eigenvalue weighted by Gasteiger charge is -2.14. The van der Waals surface area contributed by atoms with Crippen molar-refractivity contribution in [3.63, 3.8) is 0 Å². The van der Waals surface area contributed by atoms with Crippen LogP contribution in [0.3, 0.4) is 0 Å². The van der Waals surface area contributed by atoms with Crippen LogP contribution in [-0.4, -0.2) is 24.1 Å². The van der Waals surface area contributed by atoms with Crippen LogP contribution in [-0.2, 0) is 5.88 Å². The largest absolute Gasteiger partial charge is 0.347 e. The lowest BCUT2D eigenvalue weighted by molar-refractivity contribution is 0.792. The van der Waals surface area contributed by atoms with E-state index in [4.69, 9.17) is 11.6 Å². The van der Waals surface area contributed by atoms with Gasteiger partial charge in [-0.3, -0.25) is 0 Å². The van der Waals surface area contributed by atoms with Gasteiger partial charge in [0, 0.05) is 25.9 Å². The second kappa shape index (κ2) is 4.60. The van der Waals surface area contributed by atoms with Gasteiger partial charge in [-0.1, -0.05) is 13.8 Å². The van der Waals surface area contributed by atoms with Crippen LogP contribution in [0.5, 0.6) is 0 Å². The zero-order chi connectivity index (χ0) is 10.7. The summed E-state index contributed by atoms with van der Waals surface area (Å²) in [4.78, 5) is 10.6. The lowest BCUT2D eigenvalue weighted by atomic mass is 10.1. The van der Waals surface area contributed by atoms with Crippen molar-refractivity contribution in [3.8, 4) is 0 Å². The predicted octanol–water partition coefficient (Wildman–Crippen LogP) is 2.40. The zero-order valence-electron chi connectivity index (χ0n) is 9.08. The van der Waals surface area contributed by atoms with E-state index in [0.717, 1.165) is 17.2 Å². The third kappa shape index (κ3) is 2.35. The van der Waals surface area contributed by atoms with Gasteiger partial charge in [0.25, 0.3) is 0 Å². The van der Waals surface area contributed by atoms with Crippen molar-refractivity contribution in [3.05, 3.63) is 17.5 Å². The summed E-state index contributed by atoms with van der Waals surface area (Å²) in [6.07, 6.45) is 1.81. The molecule has 3 nitrogen and oxygen atoms in total. The van der Waals surface area contributed by atoms with Crippen molar-refractivity contribution >= 4 is 17.5 Å².